The molecule has 0 unspecified atom stereocenters. The number of urea groups is 1. The van der Waals surface area contributed by atoms with Gasteiger partial charge in [-0.25, -0.2) is 4.79 Å². The van der Waals surface area contributed by atoms with E-state index in [2.05, 4.69) is 26.6 Å². The molecule has 0 atom stereocenters. The third-order valence-corrected chi connectivity index (χ3v) is 3.42. The Morgan fingerprint density at radius 1 is 1.14 bits per heavy atom. The first kappa shape index (κ1) is 15.4. The first-order valence-corrected chi connectivity index (χ1v) is 7.34. The van der Waals surface area contributed by atoms with Gasteiger partial charge in [-0.15, -0.1) is 0 Å². The van der Waals surface area contributed by atoms with Crippen LogP contribution in [0.3, 0.4) is 0 Å². The smallest absolute Gasteiger partial charge is 0.321 e. The molecule has 4 nitrogen and oxygen atoms in total. The number of amides is 2. The lowest BCUT2D eigenvalue weighted by Crippen LogP contribution is -2.32. The van der Waals surface area contributed by atoms with Crippen LogP contribution in [0.5, 0.6) is 5.75 Å². The van der Waals surface area contributed by atoms with Crippen molar-refractivity contribution in [2.75, 3.05) is 12.0 Å². The number of hydrogen-bond donors (Lipinski definition) is 2. The molecule has 2 aromatic carbocycles. The van der Waals surface area contributed by atoms with E-state index in [1.807, 2.05) is 56.3 Å². The summed E-state index contributed by atoms with van der Waals surface area (Å²) in [6, 6.07) is 13.0. The molecular formula is C16H17BrN2O2. The molecule has 2 aromatic rings. The highest BCUT2D eigenvalue weighted by molar-refractivity contribution is 9.10. The molecule has 0 bridgehead atoms. The molecule has 0 spiro atoms. The molecule has 0 fully saturated rings. The van der Waals surface area contributed by atoms with Crippen molar-refractivity contribution in [1.29, 1.82) is 0 Å². The van der Waals surface area contributed by atoms with Gasteiger partial charge in [0, 0.05) is 10.2 Å². The van der Waals surface area contributed by atoms with Crippen LogP contribution in [0.4, 0.5) is 10.5 Å². The summed E-state index contributed by atoms with van der Waals surface area (Å²) in [5.74, 6) is 0.723. The Morgan fingerprint density at radius 2 is 1.86 bits per heavy atom. The van der Waals surface area contributed by atoms with Crippen LogP contribution in [-0.2, 0) is 0 Å². The van der Waals surface area contributed by atoms with Gasteiger partial charge in [-0.2, -0.15) is 0 Å². The number of carbonyl (C=O) groups is 1. The standard InChI is InChI=1S/C16H17BrN2O2/c1-11-3-6-14(7-4-11)21-10-18-16(20)19-15-8-5-13(17)9-12(15)2/h3-9H,10H2,1-2H3,(H2,18,19,20). The minimum atomic E-state index is -0.299. The maximum Gasteiger partial charge on any atom is 0.321 e. The number of ether oxygens (including phenoxy) is 1. The van der Waals surface area contributed by atoms with Gasteiger partial charge in [0.05, 0.1) is 0 Å². The molecular weight excluding hydrogens is 332 g/mol. The highest BCUT2D eigenvalue weighted by Gasteiger charge is 2.04. The fourth-order valence-electron chi connectivity index (χ4n) is 1.75. The van der Waals surface area contributed by atoms with E-state index in [1.165, 1.54) is 5.56 Å². The van der Waals surface area contributed by atoms with Crippen LogP contribution in [0, 0.1) is 13.8 Å². The van der Waals surface area contributed by atoms with Crippen LogP contribution in [0.25, 0.3) is 0 Å². The fraction of sp³-hybridized carbons (Fsp3) is 0.188. The molecule has 0 saturated heterocycles. The second-order valence-electron chi connectivity index (χ2n) is 4.69. The molecule has 5 heteroatoms. The normalized spacial score (nSPS) is 10.0. The fourth-order valence-corrected chi connectivity index (χ4v) is 2.23. The summed E-state index contributed by atoms with van der Waals surface area (Å²) in [5.41, 5.74) is 2.92. The molecule has 0 radical (unpaired) electrons. The van der Waals surface area contributed by atoms with Gasteiger partial charge in [0.2, 0.25) is 0 Å². The zero-order valence-corrected chi connectivity index (χ0v) is 13.5. The van der Waals surface area contributed by atoms with E-state index >= 15 is 0 Å². The Bertz CT molecular complexity index is 627. The van der Waals surface area contributed by atoms with Crippen molar-refractivity contribution in [2.24, 2.45) is 0 Å². The summed E-state index contributed by atoms with van der Waals surface area (Å²) in [7, 11) is 0. The van der Waals surface area contributed by atoms with Crippen LogP contribution in [-0.4, -0.2) is 12.8 Å². The van der Waals surface area contributed by atoms with Crippen LogP contribution < -0.4 is 15.4 Å². The third-order valence-electron chi connectivity index (χ3n) is 2.93. The number of aryl methyl sites for hydroxylation is 2. The molecule has 0 aromatic heterocycles. The first-order chi connectivity index (χ1) is 10.0. The van der Waals surface area contributed by atoms with Gasteiger partial charge in [0.1, 0.15) is 5.75 Å². The second-order valence-corrected chi connectivity index (χ2v) is 5.61. The van der Waals surface area contributed by atoms with Gasteiger partial charge in [-0.1, -0.05) is 33.6 Å². The number of hydrogen-bond acceptors (Lipinski definition) is 2. The maximum absolute atomic E-state index is 11.8. The average molecular weight is 349 g/mol. The number of nitrogens with one attached hydrogen (secondary N) is 2. The predicted molar refractivity (Wildman–Crippen MR) is 87.7 cm³/mol. The van der Waals surface area contributed by atoms with Crippen molar-refractivity contribution < 1.29 is 9.53 Å². The number of benzene rings is 2. The molecule has 2 amide bonds. The summed E-state index contributed by atoms with van der Waals surface area (Å²) in [6.45, 7) is 4.06. The van der Waals surface area contributed by atoms with E-state index in [0.29, 0.717) is 0 Å². The molecule has 0 heterocycles. The molecule has 21 heavy (non-hydrogen) atoms. The van der Waals surface area contributed by atoms with E-state index in [0.717, 1.165) is 21.5 Å². The zero-order chi connectivity index (χ0) is 15.2. The molecule has 110 valence electrons. The molecule has 0 aliphatic carbocycles. The van der Waals surface area contributed by atoms with E-state index in [4.69, 9.17) is 4.74 Å². The summed E-state index contributed by atoms with van der Waals surface area (Å²) >= 11 is 3.39. The Hall–Kier alpha value is -2.01. The van der Waals surface area contributed by atoms with Gasteiger partial charge in [0.25, 0.3) is 0 Å². The van der Waals surface area contributed by atoms with Crippen molar-refractivity contribution in [1.82, 2.24) is 5.32 Å². The van der Waals surface area contributed by atoms with E-state index in [9.17, 15) is 4.79 Å². The average Bonchev–Trinajstić information content (AvgIpc) is 2.44. The van der Waals surface area contributed by atoms with Crippen molar-refractivity contribution in [2.45, 2.75) is 13.8 Å². The van der Waals surface area contributed by atoms with Gasteiger partial charge in [-0.05, 0) is 49.7 Å². The van der Waals surface area contributed by atoms with E-state index in [1.54, 1.807) is 0 Å². The SMILES string of the molecule is Cc1ccc(OCNC(=O)Nc2ccc(Br)cc2C)cc1. The number of halogens is 1. The second kappa shape index (κ2) is 7.13. The molecule has 0 aliphatic rings. The Kier molecular flexibility index (Phi) is 5.22. The van der Waals surface area contributed by atoms with E-state index in [-0.39, 0.29) is 12.8 Å². The van der Waals surface area contributed by atoms with E-state index < -0.39 is 0 Å². The Labute approximate surface area is 132 Å². The zero-order valence-electron chi connectivity index (χ0n) is 11.9. The van der Waals surface area contributed by atoms with Gasteiger partial charge < -0.3 is 15.4 Å². The number of carbonyl (C=O) groups excluding carboxylic acids is 1. The lowest BCUT2D eigenvalue weighted by Gasteiger charge is -2.11. The highest BCUT2D eigenvalue weighted by Crippen LogP contribution is 2.19. The van der Waals surface area contributed by atoms with Crippen molar-refractivity contribution in [3.8, 4) is 5.75 Å². The topological polar surface area (TPSA) is 50.4 Å². The Morgan fingerprint density at radius 3 is 2.52 bits per heavy atom. The highest BCUT2D eigenvalue weighted by atomic mass is 79.9. The summed E-state index contributed by atoms with van der Waals surface area (Å²) < 4.78 is 6.42. The van der Waals surface area contributed by atoms with Crippen LogP contribution in [0.15, 0.2) is 46.9 Å². The lowest BCUT2D eigenvalue weighted by molar-refractivity contribution is 0.234. The monoisotopic (exact) mass is 348 g/mol. The number of rotatable bonds is 4. The van der Waals surface area contributed by atoms with Crippen LogP contribution in [0.1, 0.15) is 11.1 Å². The van der Waals surface area contributed by atoms with Crippen molar-refractivity contribution in [3.63, 3.8) is 0 Å². The predicted octanol–water partition coefficient (Wildman–Crippen LogP) is 4.22. The molecule has 0 saturated carbocycles. The van der Waals surface area contributed by atoms with Gasteiger partial charge in [-0.3, -0.25) is 0 Å². The van der Waals surface area contributed by atoms with Crippen LogP contribution in [0.2, 0.25) is 0 Å². The molecule has 2 N–H and O–H groups in total. The minimum absolute atomic E-state index is 0.116. The summed E-state index contributed by atoms with van der Waals surface area (Å²) in [6.07, 6.45) is 0. The quantitative estimate of drug-likeness (QED) is 0.812. The van der Waals surface area contributed by atoms with Crippen LogP contribution >= 0.6 is 15.9 Å². The number of anilines is 1. The molecule has 2 rings (SSSR count). The summed E-state index contributed by atoms with van der Waals surface area (Å²) in [5, 5.41) is 5.43. The third kappa shape index (κ3) is 4.79. The van der Waals surface area contributed by atoms with Gasteiger partial charge in [0.15, 0.2) is 6.73 Å². The largest absolute Gasteiger partial charge is 0.473 e. The minimum Gasteiger partial charge on any atom is -0.473 e. The van der Waals surface area contributed by atoms with Crippen molar-refractivity contribution >= 4 is 27.6 Å². The summed E-state index contributed by atoms with van der Waals surface area (Å²) in [4.78, 5) is 11.8. The first-order valence-electron chi connectivity index (χ1n) is 6.55. The lowest BCUT2D eigenvalue weighted by atomic mass is 10.2. The molecule has 0 aliphatic heterocycles. The maximum atomic E-state index is 11.8. The van der Waals surface area contributed by atoms with Gasteiger partial charge >= 0.3 is 6.03 Å². The van der Waals surface area contributed by atoms with Crippen molar-refractivity contribution in [3.05, 3.63) is 58.1 Å². The Balaban J connectivity index is 1.81.